The first kappa shape index (κ1) is 14.0. The Morgan fingerprint density at radius 2 is 2.05 bits per heavy atom. The van der Waals surface area contributed by atoms with Crippen LogP contribution in [0.1, 0.15) is 23.7 Å². The van der Waals surface area contributed by atoms with Crippen LogP contribution in [0.2, 0.25) is 0 Å². The van der Waals surface area contributed by atoms with E-state index in [1.165, 1.54) is 12.0 Å². The summed E-state index contributed by atoms with van der Waals surface area (Å²) in [6.45, 7) is 2.38. The van der Waals surface area contributed by atoms with Crippen LogP contribution in [0.4, 0.5) is 0 Å². The fourth-order valence-electron chi connectivity index (χ4n) is 1.90. The van der Waals surface area contributed by atoms with Gasteiger partial charge in [0.05, 0.1) is 7.11 Å². The molecule has 0 aliphatic rings. The Labute approximate surface area is 115 Å². The van der Waals surface area contributed by atoms with Crippen LogP contribution in [-0.2, 0) is 9.53 Å². The molecule has 0 radical (unpaired) electrons. The van der Waals surface area contributed by atoms with Crippen LogP contribution in [0.15, 0.2) is 18.2 Å². The summed E-state index contributed by atoms with van der Waals surface area (Å²) in [6, 6.07) is 5.04. The fraction of sp³-hybridized carbons (Fsp3) is 0.385. The van der Waals surface area contributed by atoms with Crippen LogP contribution in [-0.4, -0.2) is 52.4 Å². The molecule has 106 valence electrons. The van der Waals surface area contributed by atoms with Gasteiger partial charge in [0.2, 0.25) is 0 Å². The Balaban J connectivity index is 2.23. The molecule has 0 bridgehead atoms. The average Bonchev–Trinajstić information content (AvgIpc) is 2.93. The van der Waals surface area contributed by atoms with E-state index in [1.54, 1.807) is 18.2 Å². The van der Waals surface area contributed by atoms with Gasteiger partial charge in [0.15, 0.2) is 0 Å². The minimum Gasteiger partial charge on any atom is -0.468 e. The summed E-state index contributed by atoms with van der Waals surface area (Å²) >= 11 is 0. The number of rotatable bonds is 5. The zero-order valence-corrected chi connectivity index (χ0v) is 11.4. The van der Waals surface area contributed by atoms with Gasteiger partial charge in [-0.25, -0.2) is 0 Å². The number of aromatic amines is 1. The van der Waals surface area contributed by atoms with E-state index in [2.05, 4.69) is 20.1 Å². The molecule has 0 fully saturated rings. The van der Waals surface area contributed by atoms with Crippen molar-refractivity contribution in [2.45, 2.75) is 13.3 Å². The number of carbonyl (C=O) groups excluding carboxylic acids is 2. The molecule has 1 heterocycles. The van der Waals surface area contributed by atoms with Gasteiger partial charge in [0.1, 0.15) is 17.6 Å². The number of ether oxygens (including phenoxy) is 1. The second kappa shape index (κ2) is 6.14. The number of carbonyl (C=O) groups is 2. The summed E-state index contributed by atoms with van der Waals surface area (Å²) in [5.74, 6) is -0.656. The SMILES string of the molecule is CCCN(CC(=O)OC)C(=O)c1ccc2n[nH]nc2c1. The number of nitrogens with zero attached hydrogens (tertiary/aromatic N) is 3. The van der Waals surface area contributed by atoms with E-state index in [0.29, 0.717) is 23.1 Å². The van der Waals surface area contributed by atoms with E-state index in [9.17, 15) is 9.59 Å². The van der Waals surface area contributed by atoms with Gasteiger partial charge in [-0.2, -0.15) is 15.4 Å². The molecule has 0 atom stereocenters. The van der Waals surface area contributed by atoms with Gasteiger partial charge in [-0.05, 0) is 24.6 Å². The summed E-state index contributed by atoms with van der Waals surface area (Å²) < 4.78 is 4.61. The minimum absolute atomic E-state index is 0.0555. The van der Waals surface area contributed by atoms with Crippen LogP contribution in [0.3, 0.4) is 0 Å². The van der Waals surface area contributed by atoms with Gasteiger partial charge in [-0.3, -0.25) is 9.59 Å². The predicted molar refractivity (Wildman–Crippen MR) is 72.1 cm³/mol. The van der Waals surface area contributed by atoms with E-state index < -0.39 is 5.97 Å². The van der Waals surface area contributed by atoms with E-state index in [-0.39, 0.29) is 12.5 Å². The third kappa shape index (κ3) is 2.93. The molecule has 0 aliphatic heterocycles. The molecule has 2 aromatic rings. The van der Waals surface area contributed by atoms with Crippen molar-refractivity contribution in [3.63, 3.8) is 0 Å². The van der Waals surface area contributed by atoms with Gasteiger partial charge < -0.3 is 9.64 Å². The van der Waals surface area contributed by atoms with Gasteiger partial charge in [-0.1, -0.05) is 6.92 Å². The minimum atomic E-state index is -0.436. The quantitative estimate of drug-likeness (QED) is 0.822. The molecule has 0 unspecified atom stereocenters. The van der Waals surface area contributed by atoms with Gasteiger partial charge in [0.25, 0.3) is 5.91 Å². The van der Waals surface area contributed by atoms with Crippen LogP contribution < -0.4 is 0 Å². The highest BCUT2D eigenvalue weighted by molar-refractivity contribution is 5.98. The lowest BCUT2D eigenvalue weighted by Gasteiger charge is -2.20. The number of aromatic nitrogens is 3. The van der Waals surface area contributed by atoms with E-state index >= 15 is 0 Å². The van der Waals surface area contributed by atoms with Crippen molar-refractivity contribution in [1.82, 2.24) is 20.3 Å². The maximum atomic E-state index is 12.4. The molecular weight excluding hydrogens is 260 g/mol. The molecule has 0 aliphatic carbocycles. The molecule has 7 nitrogen and oxygen atoms in total. The third-order valence-corrected chi connectivity index (χ3v) is 2.89. The molecule has 2 rings (SSSR count). The van der Waals surface area contributed by atoms with E-state index in [4.69, 9.17) is 0 Å². The lowest BCUT2D eigenvalue weighted by atomic mass is 10.1. The number of H-pyrrole nitrogens is 1. The van der Waals surface area contributed by atoms with Crippen LogP contribution in [0, 0.1) is 0 Å². The van der Waals surface area contributed by atoms with Gasteiger partial charge >= 0.3 is 5.97 Å². The van der Waals surface area contributed by atoms with Crippen molar-refractivity contribution < 1.29 is 14.3 Å². The average molecular weight is 276 g/mol. The molecule has 0 saturated heterocycles. The third-order valence-electron chi connectivity index (χ3n) is 2.89. The highest BCUT2D eigenvalue weighted by atomic mass is 16.5. The number of benzene rings is 1. The number of methoxy groups -OCH3 is 1. The standard InChI is InChI=1S/C13H16N4O3/c1-3-6-17(8-12(18)20-2)13(19)9-4-5-10-11(7-9)15-16-14-10/h4-5,7H,3,6,8H2,1-2H3,(H,14,15,16). The Morgan fingerprint density at radius 3 is 2.75 bits per heavy atom. The summed E-state index contributed by atoms with van der Waals surface area (Å²) in [6.07, 6.45) is 0.759. The Kier molecular flexibility index (Phi) is 4.29. The number of hydrogen-bond acceptors (Lipinski definition) is 5. The first-order chi connectivity index (χ1) is 9.65. The monoisotopic (exact) mass is 276 g/mol. The number of amides is 1. The first-order valence-electron chi connectivity index (χ1n) is 6.32. The van der Waals surface area contributed by atoms with Crippen LogP contribution >= 0.6 is 0 Å². The number of nitrogens with one attached hydrogen (secondary N) is 1. The zero-order valence-electron chi connectivity index (χ0n) is 11.4. The molecule has 1 aromatic carbocycles. The second-order valence-corrected chi connectivity index (χ2v) is 4.33. The smallest absolute Gasteiger partial charge is 0.325 e. The van der Waals surface area contributed by atoms with Crippen LogP contribution in [0.5, 0.6) is 0 Å². The predicted octanol–water partition coefficient (Wildman–Crippen LogP) is 0.983. The number of hydrogen-bond donors (Lipinski definition) is 1. The van der Waals surface area contributed by atoms with Crippen molar-refractivity contribution in [2.75, 3.05) is 20.2 Å². The lowest BCUT2D eigenvalue weighted by Crippen LogP contribution is -2.36. The molecule has 1 N–H and O–H groups in total. The molecule has 20 heavy (non-hydrogen) atoms. The van der Waals surface area contributed by atoms with Crippen LogP contribution in [0.25, 0.3) is 11.0 Å². The van der Waals surface area contributed by atoms with Crippen molar-refractivity contribution in [3.8, 4) is 0 Å². The Morgan fingerprint density at radius 1 is 1.30 bits per heavy atom. The Hall–Kier alpha value is -2.44. The summed E-state index contributed by atoms with van der Waals surface area (Å²) in [5.41, 5.74) is 1.78. The highest BCUT2D eigenvalue weighted by Gasteiger charge is 2.19. The maximum absolute atomic E-state index is 12.4. The summed E-state index contributed by atoms with van der Waals surface area (Å²) in [5, 5.41) is 10.4. The molecule has 1 aromatic heterocycles. The van der Waals surface area contributed by atoms with Crippen molar-refractivity contribution >= 4 is 22.9 Å². The van der Waals surface area contributed by atoms with Crippen molar-refractivity contribution in [3.05, 3.63) is 23.8 Å². The molecule has 0 saturated carbocycles. The van der Waals surface area contributed by atoms with E-state index in [0.717, 1.165) is 6.42 Å². The highest BCUT2D eigenvalue weighted by Crippen LogP contribution is 2.13. The maximum Gasteiger partial charge on any atom is 0.325 e. The number of esters is 1. The second-order valence-electron chi connectivity index (χ2n) is 4.33. The topological polar surface area (TPSA) is 88.2 Å². The Bertz CT molecular complexity index is 623. The summed E-state index contributed by atoms with van der Waals surface area (Å²) in [7, 11) is 1.30. The molecular formula is C13H16N4O3. The summed E-state index contributed by atoms with van der Waals surface area (Å²) in [4.78, 5) is 25.2. The molecule has 7 heteroatoms. The fourth-order valence-corrected chi connectivity index (χ4v) is 1.90. The number of fused-ring (bicyclic) bond motifs is 1. The zero-order chi connectivity index (χ0) is 14.5. The first-order valence-corrected chi connectivity index (χ1v) is 6.32. The normalized spacial score (nSPS) is 10.5. The van der Waals surface area contributed by atoms with Gasteiger partial charge in [-0.15, -0.1) is 0 Å². The molecule has 0 spiro atoms. The van der Waals surface area contributed by atoms with Gasteiger partial charge in [0, 0.05) is 12.1 Å². The largest absolute Gasteiger partial charge is 0.468 e. The van der Waals surface area contributed by atoms with Crippen molar-refractivity contribution in [2.24, 2.45) is 0 Å². The van der Waals surface area contributed by atoms with Crippen molar-refractivity contribution in [1.29, 1.82) is 0 Å². The van der Waals surface area contributed by atoms with E-state index in [1.807, 2.05) is 6.92 Å². The lowest BCUT2D eigenvalue weighted by molar-refractivity contribution is -0.141. The molecule has 1 amide bonds.